The molecule has 0 radical (unpaired) electrons. The van der Waals surface area contributed by atoms with Crippen molar-refractivity contribution in [3.63, 3.8) is 0 Å². The highest BCUT2D eigenvalue weighted by Crippen LogP contribution is 2.38. The minimum Gasteiger partial charge on any atom is -0.336 e. The maximum atomic E-state index is 12.8. The summed E-state index contributed by atoms with van der Waals surface area (Å²) in [6, 6.07) is 12.0. The molecule has 5 nitrogen and oxygen atoms in total. The Balaban J connectivity index is 1.90. The molecule has 1 aliphatic rings. The lowest BCUT2D eigenvalue weighted by Gasteiger charge is -2.33. The summed E-state index contributed by atoms with van der Waals surface area (Å²) in [5.41, 5.74) is 0.277. The standard InChI is InChI=1S/C19H19ClN2O3S/c1-13-6-4-5-11-21(13)19(23)14-9-10-18(16(12-14)22(24)25)26-17-8-3-2-7-15(17)20/h2-3,7-10,12-13H,4-6,11H2,1H3/t13-/m0/s1. The number of likely N-dealkylation sites (tertiary alicyclic amines) is 1. The molecule has 1 heterocycles. The van der Waals surface area contributed by atoms with Gasteiger partial charge in [-0.15, -0.1) is 0 Å². The van der Waals surface area contributed by atoms with Gasteiger partial charge < -0.3 is 4.90 Å². The third-order valence-electron chi connectivity index (χ3n) is 4.52. The van der Waals surface area contributed by atoms with E-state index in [2.05, 4.69) is 0 Å². The molecule has 26 heavy (non-hydrogen) atoms. The van der Waals surface area contributed by atoms with Gasteiger partial charge in [0.25, 0.3) is 11.6 Å². The van der Waals surface area contributed by atoms with E-state index < -0.39 is 4.92 Å². The number of carbonyl (C=O) groups is 1. The van der Waals surface area contributed by atoms with Crippen LogP contribution in [0.15, 0.2) is 52.3 Å². The Morgan fingerprint density at radius 2 is 2.00 bits per heavy atom. The monoisotopic (exact) mass is 390 g/mol. The lowest BCUT2D eigenvalue weighted by atomic mass is 10.0. The van der Waals surface area contributed by atoms with Crippen LogP contribution in [0.2, 0.25) is 5.02 Å². The van der Waals surface area contributed by atoms with Crippen LogP contribution in [-0.4, -0.2) is 28.3 Å². The van der Waals surface area contributed by atoms with Crippen molar-refractivity contribution in [2.45, 2.75) is 42.0 Å². The van der Waals surface area contributed by atoms with E-state index in [9.17, 15) is 14.9 Å². The van der Waals surface area contributed by atoms with Gasteiger partial charge in [0.15, 0.2) is 0 Å². The van der Waals surface area contributed by atoms with Gasteiger partial charge in [-0.25, -0.2) is 0 Å². The predicted octanol–water partition coefficient (Wildman–Crippen LogP) is 5.41. The number of carbonyl (C=O) groups excluding carboxylic acids is 1. The lowest BCUT2D eigenvalue weighted by molar-refractivity contribution is -0.387. The number of nitro groups is 1. The van der Waals surface area contributed by atoms with Gasteiger partial charge in [-0.3, -0.25) is 14.9 Å². The Morgan fingerprint density at radius 3 is 2.69 bits per heavy atom. The maximum absolute atomic E-state index is 12.8. The molecular formula is C19H19ClN2O3S. The van der Waals surface area contributed by atoms with Gasteiger partial charge in [0, 0.05) is 29.1 Å². The van der Waals surface area contributed by atoms with Crippen LogP contribution in [0.5, 0.6) is 0 Å². The van der Waals surface area contributed by atoms with E-state index in [1.807, 2.05) is 30.0 Å². The topological polar surface area (TPSA) is 63.5 Å². The number of nitrogens with zero attached hydrogens (tertiary/aromatic N) is 2. The highest BCUT2D eigenvalue weighted by Gasteiger charge is 2.26. The second-order valence-electron chi connectivity index (χ2n) is 6.32. The average Bonchev–Trinajstić information content (AvgIpc) is 2.63. The van der Waals surface area contributed by atoms with Crippen LogP contribution in [0.25, 0.3) is 0 Å². The molecule has 0 aromatic heterocycles. The third-order valence-corrected chi connectivity index (χ3v) is 6.11. The zero-order chi connectivity index (χ0) is 18.7. The molecule has 1 fully saturated rings. The molecule has 136 valence electrons. The van der Waals surface area contributed by atoms with E-state index in [-0.39, 0.29) is 17.6 Å². The fourth-order valence-electron chi connectivity index (χ4n) is 3.09. The number of nitro benzene ring substituents is 1. The second-order valence-corrected chi connectivity index (χ2v) is 7.81. The van der Waals surface area contributed by atoms with Gasteiger partial charge in [-0.05, 0) is 50.5 Å². The highest BCUT2D eigenvalue weighted by atomic mass is 35.5. The summed E-state index contributed by atoms with van der Waals surface area (Å²) in [4.78, 5) is 26.9. The smallest absolute Gasteiger partial charge is 0.284 e. The van der Waals surface area contributed by atoms with Gasteiger partial charge in [-0.1, -0.05) is 35.5 Å². The van der Waals surface area contributed by atoms with Crippen molar-refractivity contribution in [1.29, 1.82) is 0 Å². The molecule has 1 atom stereocenters. The normalized spacial score (nSPS) is 17.2. The van der Waals surface area contributed by atoms with Crippen molar-refractivity contribution >= 4 is 35.0 Å². The van der Waals surface area contributed by atoms with Gasteiger partial charge in [0.1, 0.15) is 0 Å². The molecule has 2 aromatic carbocycles. The molecular weight excluding hydrogens is 372 g/mol. The Bertz CT molecular complexity index is 843. The number of piperidine rings is 1. The van der Waals surface area contributed by atoms with Crippen LogP contribution < -0.4 is 0 Å². The first-order chi connectivity index (χ1) is 12.5. The predicted molar refractivity (Wildman–Crippen MR) is 103 cm³/mol. The Labute approximate surface area is 161 Å². The zero-order valence-corrected chi connectivity index (χ0v) is 15.9. The molecule has 0 N–H and O–H groups in total. The molecule has 0 aliphatic carbocycles. The lowest BCUT2D eigenvalue weighted by Crippen LogP contribution is -2.42. The van der Waals surface area contributed by atoms with Crippen molar-refractivity contribution in [1.82, 2.24) is 4.90 Å². The minimum absolute atomic E-state index is 0.0783. The van der Waals surface area contributed by atoms with E-state index in [1.54, 1.807) is 18.2 Å². The van der Waals surface area contributed by atoms with E-state index in [0.717, 1.165) is 24.2 Å². The number of hydrogen-bond acceptors (Lipinski definition) is 4. The van der Waals surface area contributed by atoms with Gasteiger partial charge in [0.05, 0.1) is 14.8 Å². The molecule has 0 bridgehead atoms. The Morgan fingerprint density at radius 1 is 1.23 bits per heavy atom. The van der Waals surface area contributed by atoms with Crippen LogP contribution in [0, 0.1) is 10.1 Å². The number of amides is 1. The summed E-state index contributed by atoms with van der Waals surface area (Å²) in [6.45, 7) is 2.72. The Kier molecular flexibility index (Phi) is 5.84. The summed E-state index contributed by atoms with van der Waals surface area (Å²) in [5, 5.41) is 12.1. The SMILES string of the molecule is C[C@H]1CCCCN1C(=O)c1ccc(Sc2ccccc2Cl)c([N+](=O)[O-])c1. The summed E-state index contributed by atoms with van der Waals surface area (Å²) in [7, 11) is 0. The van der Waals surface area contributed by atoms with Crippen molar-refractivity contribution in [2.75, 3.05) is 6.54 Å². The number of hydrogen-bond donors (Lipinski definition) is 0. The molecule has 0 unspecified atom stereocenters. The van der Waals surface area contributed by atoms with Crippen LogP contribution in [0.1, 0.15) is 36.5 Å². The van der Waals surface area contributed by atoms with Crippen molar-refractivity contribution in [2.24, 2.45) is 0 Å². The van der Waals surface area contributed by atoms with E-state index in [4.69, 9.17) is 11.6 Å². The number of rotatable bonds is 4. The van der Waals surface area contributed by atoms with Crippen LogP contribution >= 0.6 is 23.4 Å². The summed E-state index contributed by atoms with van der Waals surface area (Å²) < 4.78 is 0. The fraction of sp³-hybridized carbons (Fsp3) is 0.316. The van der Waals surface area contributed by atoms with Crippen molar-refractivity contribution in [3.05, 3.63) is 63.2 Å². The largest absolute Gasteiger partial charge is 0.336 e. The minimum atomic E-state index is -0.449. The quantitative estimate of drug-likeness (QED) is 0.517. The van der Waals surface area contributed by atoms with E-state index in [1.165, 1.54) is 17.8 Å². The average molecular weight is 391 g/mol. The van der Waals surface area contributed by atoms with Gasteiger partial charge >= 0.3 is 0 Å². The molecule has 1 aliphatic heterocycles. The maximum Gasteiger partial charge on any atom is 0.284 e. The van der Waals surface area contributed by atoms with Gasteiger partial charge in [-0.2, -0.15) is 0 Å². The molecule has 0 saturated carbocycles. The first-order valence-electron chi connectivity index (χ1n) is 8.49. The first-order valence-corrected chi connectivity index (χ1v) is 9.68. The number of benzene rings is 2. The first kappa shape index (κ1) is 18.7. The van der Waals surface area contributed by atoms with Crippen LogP contribution in [0.4, 0.5) is 5.69 Å². The van der Waals surface area contributed by atoms with Crippen molar-refractivity contribution in [3.8, 4) is 0 Å². The van der Waals surface area contributed by atoms with E-state index in [0.29, 0.717) is 22.0 Å². The van der Waals surface area contributed by atoms with Crippen LogP contribution in [-0.2, 0) is 0 Å². The fourth-order valence-corrected chi connectivity index (χ4v) is 4.27. The Hall–Kier alpha value is -2.05. The molecule has 7 heteroatoms. The van der Waals surface area contributed by atoms with Crippen LogP contribution in [0.3, 0.4) is 0 Å². The molecule has 2 aromatic rings. The molecule has 1 amide bonds. The van der Waals surface area contributed by atoms with Gasteiger partial charge in [0.2, 0.25) is 0 Å². The van der Waals surface area contributed by atoms with Crippen molar-refractivity contribution < 1.29 is 9.72 Å². The number of halogens is 1. The summed E-state index contributed by atoms with van der Waals surface area (Å²) in [5.74, 6) is -0.144. The molecule has 0 spiro atoms. The molecule has 3 rings (SSSR count). The third kappa shape index (κ3) is 4.02. The zero-order valence-electron chi connectivity index (χ0n) is 14.4. The summed E-state index contributed by atoms with van der Waals surface area (Å²) >= 11 is 7.38. The second kappa shape index (κ2) is 8.10. The molecule has 1 saturated heterocycles. The van der Waals surface area contributed by atoms with E-state index >= 15 is 0 Å². The summed E-state index contributed by atoms with van der Waals surface area (Å²) in [6.07, 6.45) is 3.05. The highest BCUT2D eigenvalue weighted by molar-refractivity contribution is 7.99.